The zero-order valence-corrected chi connectivity index (χ0v) is 18.4. The summed E-state index contributed by atoms with van der Waals surface area (Å²) in [5.74, 6) is 2.14. The van der Waals surface area contributed by atoms with Crippen molar-refractivity contribution in [3.8, 4) is 11.5 Å². The fraction of sp³-hybridized carbons (Fsp3) is 0.318. The van der Waals surface area contributed by atoms with Gasteiger partial charge in [-0.1, -0.05) is 46.8 Å². The van der Waals surface area contributed by atoms with Crippen LogP contribution < -0.4 is 15.0 Å². The molecule has 0 N–H and O–H groups in total. The van der Waals surface area contributed by atoms with Crippen molar-refractivity contribution in [1.82, 2.24) is 9.66 Å². The van der Waals surface area contributed by atoms with Crippen LogP contribution >= 0.6 is 27.5 Å². The van der Waals surface area contributed by atoms with Crippen LogP contribution in [0.4, 0.5) is 0 Å². The lowest BCUT2D eigenvalue weighted by molar-refractivity contribution is 0.174. The molecule has 154 valence electrons. The fourth-order valence-corrected chi connectivity index (χ4v) is 4.62. The van der Waals surface area contributed by atoms with Gasteiger partial charge in [0.05, 0.1) is 22.1 Å². The second kappa shape index (κ2) is 8.04. The monoisotopic (exact) mass is 487 g/mol. The van der Waals surface area contributed by atoms with E-state index in [0.717, 1.165) is 30.2 Å². The first-order valence-corrected chi connectivity index (χ1v) is 11.1. The van der Waals surface area contributed by atoms with Gasteiger partial charge in [-0.3, -0.25) is 4.79 Å². The van der Waals surface area contributed by atoms with Crippen molar-refractivity contribution in [1.29, 1.82) is 0 Å². The SMILES string of the molecule is O=c1c2cc(Br)ccc2nc(C2CCCCC2)n1N=Cc1cc2c(cc1Cl)OCO2. The first kappa shape index (κ1) is 19.6. The molecule has 1 aromatic heterocycles. The van der Waals surface area contributed by atoms with Gasteiger partial charge >= 0.3 is 0 Å². The van der Waals surface area contributed by atoms with E-state index in [9.17, 15) is 4.79 Å². The summed E-state index contributed by atoms with van der Waals surface area (Å²) in [6.07, 6.45) is 7.09. The van der Waals surface area contributed by atoms with Crippen molar-refractivity contribution in [2.45, 2.75) is 38.0 Å². The molecule has 1 fully saturated rings. The largest absolute Gasteiger partial charge is 0.454 e. The Morgan fingerprint density at radius 2 is 1.90 bits per heavy atom. The van der Waals surface area contributed by atoms with E-state index in [-0.39, 0.29) is 18.3 Å². The van der Waals surface area contributed by atoms with Gasteiger partial charge < -0.3 is 9.47 Å². The van der Waals surface area contributed by atoms with E-state index in [1.165, 1.54) is 11.1 Å². The molecule has 3 aromatic rings. The van der Waals surface area contributed by atoms with Crippen LogP contribution in [0.1, 0.15) is 49.4 Å². The van der Waals surface area contributed by atoms with E-state index in [0.29, 0.717) is 38.8 Å². The third kappa shape index (κ3) is 3.61. The van der Waals surface area contributed by atoms with Gasteiger partial charge in [0, 0.05) is 22.0 Å². The molecule has 0 unspecified atom stereocenters. The van der Waals surface area contributed by atoms with Gasteiger partial charge in [0.2, 0.25) is 6.79 Å². The van der Waals surface area contributed by atoms with Crippen molar-refractivity contribution in [2.24, 2.45) is 5.10 Å². The van der Waals surface area contributed by atoms with Crippen LogP contribution in [0.25, 0.3) is 10.9 Å². The van der Waals surface area contributed by atoms with Gasteiger partial charge in [0.15, 0.2) is 11.5 Å². The first-order valence-electron chi connectivity index (χ1n) is 9.96. The molecular formula is C22H19BrClN3O3. The standard InChI is InChI=1S/C22H19BrClN3O3/c23-15-6-7-18-16(9-15)22(28)27(21(26-18)13-4-2-1-3-5-13)25-11-14-8-19-20(10-17(14)24)30-12-29-19/h6-11,13H,1-5,12H2. The molecule has 0 radical (unpaired) electrons. The molecule has 5 rings (SSSR count). The van der Waals surface area contributed by atoms with Crippen LogP contribution in [0.3, 0.4) is 0 Å². The average molecular weight is 489 g/mol. The molecule has 6 nitrogen and oxygen atoms in total. The molecule has 0 atom stereocenters. The number of halogens is 2. The summed E-state index contributed by atoms with van der Waals surface area (Å²) >= 11 is 9.82. The number of nitrogens with zero attached hydrogens (tertiary/aromatic N) is 3. The summed E-state index contributed by atoms with van der Waals surface area (Å²) in [7, 11) is 0. The molecule has 1 saturated carbocycles. The van der Waals surface area contributed by atoms with Crippen molar-refractivity contribution < 1.29 is 9.47 Å². The lowest BCUT2D eigenvalue weighted by atomic mass is 9.88. The van der Waals surface area contributed by atoms with Crippen LogP contribution in [0.2, 0.25) is 5.02 Å². The van der Waals surface area contributed by atoms with Gasteiger partial charge in [-0.15, -0.1) is 0 Å². The second-order valence-corrected chi connectivity index (χ2v) is 8.88. The van der Waals surface area contributed by atoms with Crippen LogP contribution in [0.15, 0.2) is 44.7 Å². The van der Waals surface area contributed by atoms with E-state index in [1.54, 1.807) is 24.4 Å². The molecule has 1 aliphatic carbocycles. The number of ether oxygens (including phenoxy) is 2. The minimum atomic E-state index is -0.185. The zero-order valence-electron chi connectivity index (χ0n) is 16.1. The first-order chi connectivity index (χ1) is 14.6. The molecule has 30 heavy (non-hydrogen) atoms. The highest BCUT2D eigenvalue weighted by Crippen LogP contribution is 2.36. The van der Waals surface area contributed by atoms with Crippen molar-refractivity contribution >= 4 is 44.6 Å². The summed E-state index contributed by atoms with van der Waals surface area (Å²) in [6, 6.07) is 9.03. The third-order valence-electron chi connectivity index (χ3n) is 5.61. The van der Waals surface area contributed by atoms with Crippen LogP contribution in [-0.4, -0.2) is 22.7 Å². The topological polar surface area (TPSA) is 65.7 Å². The van der Waals surface area contributed by atoms with Crippen molar-refractivity contribution in [3.63, 3.8) is 0 Å². The predicted octanol–water partition coefficient (Wildman–Crippen LogP) is 5.47. The zero-order chi connectivity index (χ0) is 20.7. The molecule has 8 heteroatoms. The Balaban J connectivity index is 1.64. The van der Waals surface area contributed by atoms with Gasteiger partial charge in [-0.2, -0.15) is 9.78 Å². The molecule has 0 bridgehead atoms. The maximum atomic E-state index is 13.3. The molecule has 0 spiro atoms. The Bertz CT molecular complexity index is 1220. The number of rotatable bonds is 3. The summed E-state index contributed by atoms with van der Waals surface area (Å²) in [5.41, 5.74) is 1.16. The van der Waals surface area contributed by atoms with E-state index in [1.807, 2.05) is 12.1 Å². The maximum absolute atomic E-state index is 13.3. The number of benzene rings is 2. The molecule has 2 aliphatic rings. The minimum Gasteiger partial charge on any atom is -0.454 e. The highest BCUT2D eigenvalue weighted by atomic mass is 79.9. The highest BCUT2D eigenvalue weighted by molar-refractivity contribution is 9.10. The maximum Gasteiger partial charge on any atom is 0.282 e. The number of aromatic nitrogens is 2. The number of fused-ring (bicyclic) bond motifs is 2. The fourth-order valence-electron chi connectivity index (χ4n) is 4.05. The van der Waals surface area contributed by atoms with E-state index < -0.39 is 0 Å². The molecule has 2 heterocycles. The van der Waals surface area contributed by atoms with Crippen LogP contribution in [0, 0.1) is 0 Å². The number of hydrogen-bond acceptors (Lipinski definition) is 5. The van der Waals surface area contributed by atoms with Gasteiger partial charge in [0.1, 0.15) is 5.82 Å². The predicted molar refractivity (Wildman–Crippen MR) is 120 cm³/mol. The van der Waals surface area contributed by atoms with Gasteiger partial charge in [-0.05, 0) is 37.1 Å². The van der Waals surface area contributed by atoms with E-state index >= 15 is 0 Å². The van der Waals surface area contributed by atoms with Gasteiger partial charge in [-0.25, -0.2) is 4.98 Å². The third-order valence-corrected chi connectivity index (χ3v) is 6.43. The minimum absolute atomic E-state index is 0.168. The van der Waals surface area contributed by atoms with E-state index in [4.69, 9.17) is 26.1 Å². The quantitative estimate of drug-likeness (QED) is 0.459. The number of hydrogen-bond donors (Lipinski definition) is 0. The van der Waals surface area contributed by atoms with Crippen molar-refractivity contribution in [2.75, 3.05) is 6.79 Å². The summed E-state index contributed by atoms with van der Waals surface area (Å²) < 4.78 is 13.0. The van der Waals surface area contributed by atoms with Crippen molar-refractivity contribution in [3.05, 3.63) is 61.6 Å². The van der Waals surface area contributed by atoms with E-state index in [2.05, 4.69) is 21.0 Å². The molecule has 2 aromatic carbocycles. The molecule has 0 saturated heterocycles. The Morgan fingerprint density at radius 1 is 1.13 bits per heavy atom. The molecular weight excluding hydrogens is 470 g/mol. The Morgan fingerprint density at radius 3 is 2.70 bits per heavy atom. The Labute approximate surface area is 186 Å². The summed E-state index contributed by atoms with van der Waals surface area (Å²) in [5, 5.41) is 5.54. The smallest absolute Gasteiger partial charge is 0.282 e. The Kier molecular flexibility index (Phi) is 5.25. The average Bonchev–Trinajstić information content (AvgIpc) is 3.21. The lowest BCUT2D eigenvalue weighted by Gasteiger charge is -2.22. The van der Waals surface area contributed by atoms with Crippen LogP contribution in [-0.2, 0) is 0 Å². The normalized spacial score (nSPS) is 16.6. The van der Waals surface area contributed by atoms with Crippen LogP contribution in [0.5, 0.6) is 11.5 Å². The molecule has 0 amide bonds. The second-order valence-electron chi connectivity index (χ2n) is 7.55. The summed E-state index contributed by atoms with van der Waals surface area (Å²) in [6.45, 7) is 0.168. The lowest BCUT2D eigenvalue weighted by Crippen LogP contribution is -2.25. The summed E-state index contributed by atoms with van der Waals surface area (Å²) in [4.78, 5) is 18.2. The Hall–Kier alpha value is -2.38. The highest BCUT2D eigenvalue weighted by Gasteiger charge is 2.23. The van der Waals surface area contributed by atoms with Gasteiger partial charge in [0.25, 0.3) is 5.56 Å². The molecule has 1 aliphatic heterocycles.